The molecule has 5 nitrogen and oxygen atoms in total. The van der Waals surface area contributed by atoms with E-state index in [9.17, 15) is 14.5 Å². The molecule has 2 aromatic carbocycles. The van der Waals surface area contributed by atoms with E-state index >= 15 is 0 Å². The topological polar surface area (TPSA) is 55.6 Å². The summed E-state index contributed by atoms with van der Waals surface area (Å²) in [5.74, 6) is 0.380. The third-order valence-corrected chi connectivity index (χ3v) is 3.97. The van der Waals surface area contributed by atoms with Crippen LogP contribution < -0.4 is 9.64 Å². The average Bonchev–Trinajstić information content (AvgIpc) is 2.49. The molecular formula is C16H15FN2O3. The van der Waals surface area contributed by atoms with Crippen LogP contribution in [0.5, 0.6) is 5.75 Å². The molecule has 0 saturated carbocycles. The molecule has 3 rings (SSSR count). The van der Waals surface area contributed by atoms with Crippen molar-refractivity contribution in [2.75, 3.05) is 18.6 Å². The highest BCUT2D eigenvalue weighted by Crippen LogP contribution is 2.39. The van der Waals surface area contributed by atoms with Crippen molar-refractivity contribution in [2.24, 2.45) is 0 Å². The van der Waals surface area contributed by atoms with Gasteiger partial charge in [-0.25, -0.2) is 4.39 Å². The van der Waals surface area contributed by atoms with E-state index in [-0.39, 0.29) is 16.8 Å². The monoisotopic (exact) mass is 302 g/mol. The Balaban J connectivity index is 1.91. The number of rotatable bonds is 4. The molecule has 1 fully saturated rings. The lowest BCUT2D eigenvalue weighted by Gasteiger charge is -2.44. The van der Waals surface area contributed by atoms with E-state index in [2.05, 4.69) is 0 Å². The van der Waals surface area contributed by atoms with Gasteiger partial charge in [0.1, 0.15) is 17.6 Å². The summed E-state index contributed by atoms with van der Waals surface area (Å²) >= 11 is 0. The summed E-state index contributed by atoms with van der Waals surface area (Å²) in [5.41, 5.74) is 1.62. The number of nitrogens with zero attached hydrogens (tertiary/aromatic N) is 2. The minimum Gasteiger partial charge on any atom is -0.497 e. The smallest absolute Gasteiger partial charge is 0.254 e. The van der Waals surface area contributed by atoms with Crippen LogP contribution in [-0.2, 0) is 0 Å². The van der Waals surface area contributed by atoms with Crippen LogP contribution in [0.4, 0.5) is 10.1 Å². The molecule has 0 aliphatic carbocycles. The Morgan fingerprint density at radius 3 is 2.36 bits per heavy atom. The van der Waals surface area contributed by atoms with Crippen molar-refractivity contribution in [2.45, 2.75) is 12.1 Å². The maximum absolute atomic E-state index is 13.0. The fraction of sp³-hybridized carbons (Fsp3) is 0.250. The van der Waals surface area contributed by atoms with Crippen molar-refractivity contribution in [1.82, 2.24) is 0 Å². The van der Waals surface area contributed by atoms with Crippen LogP contribution in [0.15, 0.2) is 48.5 Å². The quantitative estimate of drug-likeness (QED) is 0.643. The van der Waals surface area contributed by atoms with Crippen molar-refractivity contribution in [3.8, 4) is 5.75 Å². The van der Waals surface area contributed by atoms with Gasteiger partial charge in [-0.2, -0.15) is 0 Å². The summed E-state index contributed by atoms with van der Waals surface area (Å²) in [6, 6.07) is 12.2. The summed E-state index contributed by atoms with van der Waals surface area (Å²) in [6.45, 7) is 0.315. The maximum Gasteiger partial charge on any atom is 0.254 e. The van der Waals surface area contributed by atoms with Crippen LogP contribution in [0.3, 0.4) is 0 Å². The van der Waals surface area contributed by atoms with Gasteiger partial charge in [-0.15, -0.1) is 0 Å². The Labute approximate surface area is 127 Å². The van der Waals surface area contributed by atoms with E-state index in [0.29, 0.717) is 12.3 Å². The van der Waals surface area contributed by atoms with Crippen molar-refractivity contribution < 1.29 is 14.1 Å². The minimum atomic E-state index is -0.668. The predicted molar refractivity (Wildman–Crippen MR) is 80.3 cm³/mol. The Morgan fingerprint density at radius 1 is 1.18 bits per heavy atom. The van der Waals surface area contributed by atoms with Gasteiger partial charge in [0.15, 0.2) is 0 Å². The first-order valence-electron chi connectivity index (χ1n) is 6.90. The highest BCUT2D eigenvalue weighted by Gasteiger charge is 2.48. The Kier molecular flexibility index (Phi) is 3.66. The molecule has 1 aliphatic rings. The first-order chi connectivity index (χ1) is 10.6. The first kappa shape index (κ1) is 14.3. The second-order valence-corrected chi connectivity index (χ2v) is 5.20. The molecule has 0 aromatic heterocycles. The molecule has 0 bridgehead atoms. The van der Waals surface area contributed by atoms with Gasteiger partial charge in [0.25, 0.3) is 6.04 Å². The largest absolute Gasteiger partial charge is 0.497 e. The molecule has 1 saturated heterocycles. The molecular weight excluding hydrogens is 287 g/mol. The Hall–Kier alpha value is -2.63. The highest BCUT2D eigenvalue weighted by atomic mass is 19.1. The van der Waals surface area contributed by atoms with Crippen molar-refractivity contribution in [3.05, 3.63) is 70.0 Å². The summed E-state index contributed by atoms with van der Waals surface area (Å²) in [4.78, 5) is 12.9. The van der Waals surface area contributed by atoms with E-state index in [4.69, 9.17) is 4.74 Å². The van der Waals surface area contributed by atoms with Crippen molar-refractivity contribution in [3.63, 3.8) is 0 Å². The normalized spacial score (nSPS) is 20.4. The second kappa shape index (κ2) is 5.63. The van der Waals surface area contributed by atoms with E-state index < -0.39 is 6.04 Å². The lowest BCUT2D eigenvalue weighted by molar-refractivity contribution is -0.534. The molecule has 1 heterocycles. The van der Waals surface area contributed by atoms with Crippen LogP contribution in [-0.4, -0.2) is 24.6 Å². The lowest BCUT2D eigenvalue weighted by Crippen LogP contribution is -2.57. The molecule has 2 atom stereocenters. The van der Waals surface area contributed by atoms with Gasteiger partial charge < -0.3 is 9.64 Å². The first-order valence-corrected chi connectivity index (χ1v) is 6.90. The lowest BCUT2D eigenvalue weighted by atomic mass is 9.89. The van der Waals surface area contributed by atoms with E-state index in [1.54, 1.807) is 31.4 Å². The van der Waals surface area contributed by atoms with Gasteiger partial charge in [0, 0.05) is 10.6 Å². The average molecular weight is 302 g/mol. The molecule has 0 amide bonds. The molecule has 0 radical (unpaired) electrons. The Morgan fingerprint density at radius 2 is 1.82 bits per heavy atom. The SMILES string of the molecule is COc1ccc([C@@H]2[C@@H]([N+](=O)[O-])CN2c2ccc(F)cc2)cc1. The molecule has 22 heavy (non-hydrogen) atoms. The third kappa shape index (κ3) is 2.47. The van der Waals surface area contributed by atoms with Gasteiger partial charge >= 0.3 is 0 Å². The standard InChI is InChI=1S/C16H15FN2O3/c1-22-14-8-2-11(3-9-14)16-15(19(20)21)10-18(16)13-6-4-12(17)5-7-13/h2-9,15-16H,10H2,1H3/t15-,16+/m0/s1. The van der Waals surface area contributed by atoms with Crippen molar-refractivity contribution in [1.29, 1.82) is 0 Å². The summed E-state index contributed by atoms with van der Waals surface area (Å²) < 4.78 is 18.2. The molecule has 6 heteroatoms. The van der Waals surface area contributed by atoms with Crippen LogP contribution in [0.25, 0.3) is 0 Å². The highest BCUT2D eigenvalue weighted by molar-refractivity contribution is 5.53. The molecule has 0 spiro atoms. The van der Waals surface area contributed by atoms with Gasteiger partial charge in [-0.1, -0.05) is 12.1 Å². The summed E-state index contributed by atoms with van der Waals surface area (Å²) in [6.07, 6.45) is 0. The van der Waals surface area contributed by atoms with Crippen LogP contribution in [0.1, 0.15) is 11.6 Å². The zero-order valence-electron chi connectivity index (χ0n) is 12.0. The predicted octanol–water partition coefficient (Wildman–Crippen LogP) is 3.04. The number of methoxy groups -OCH3 is 1. The van der Waals surface area contributed by atoms with Crippen molar-refractivity contribution >= 4 is 5.69 Å². The van der Waals surface area contributed by atoms with Crippen LogP contribution in [0, 0.1) is 15.9 Å². The molecule has 0 N–H and O–H groups in total. The maximum atomic E-state index is 13.0. The molecule has 0 unspecified atom stereocenters. The number of hydrogen-bond donors (Lipinski definition) is 0. The summed E-state index contributed by atoms with van der Waals surface area (Å²) in [5, 5.41) is 11.2. The van der Waals surface area contributed by atoms with Crippen LogP contribution >= 0.6 is 0 Å². The van der Waals surface area contributed by atoms with Gasteiger partial charge in [0.05, 0.1) is 13.7 Å². The van der Waals surface area contributed by atoms with E-state index in [1.807, 2.05) is 17.0 Å². The zero-order chi connectivity index (χ0) is 15.7. The van der Waals surface area contributed by atoms with E-state index in [0.717, 1.165) is 11.3 Å². The van der Waals surface area contributed by atoms with Gasteiger partial charge in [0.2, 0.25) is 0 Å². The number of hydrogen-bond acceptors (Lipinski definition) is 4. The fourth-order valence-corrected chi connectivity index (χ4v) is 2.77. The number of anilines is 1. The molecule has 114 valence electrons. The Bertz CT molecular complexity index is 673. The number of nitro groups is 1. The number of halogens is 1. The van der Waals surface area contributed by atoms with Gasteiger partial charge in [-0.05, 0) is 42.0 Å². The minimum absolute atomic E-state index is 0.255. The molecule has 1 aliphatic heterocycles. The van der Waals surface area contributed by atoms with E-state index in [1.165, 1.54) is 12.1 Å². The third-order valence-electron chi connectivity index (χ3n) is 3.97. The second-order valence-electron chi connectivity index (χ2n) is 5.20. The fourth-order valence-electron chi connectivity index (χ4n) is 2.77. The zero-order valence-corrected chi connectivity index (χ0v) is 12.0. The number of benzene rings is 2. The summed E-state index contributed by atoms with van der Waals surface area (Å²) in [7, 11) is 1.57. The van der Waals surface area contributed by atoms with Gasteiger partial charge in [-0.3, -0.25) is 10.1 Å². The van der Waals surface area contributed by atoms with Crippen LogP contribution in [0.2, 0.25) is 0 Å². The number of ether oxygens (including phenoxy) is 1. The molecule has 2 aromatic rings.